The normalized spacial score (nSPS) is 10.6. The van der Waals surface area contributed by atoms with Crippen molar-refractivity contribution in [1.29, 1.82) is 0 Å². The third-order valence-corrected chi connectivity index (χ3v) is 4.71. The van der Waals surface area contributed by atoms with Gasteiger partial charge in [0, 0.05) is 24.9 Å². The smallest absolute Gasteiger partial charge is 0.311 e. The number of carbonyl (C=O) groups excluding carboxylic acids is 2. The summed E-state index contributed by atoms with van der Waals surface area (Å²) in [5.74, 6) is -1.44. The first kappa shape index (κ1) is 24.0. The zero-order valence-corrected chi connectivity index (χ0v) is 17.7. The number of esters is 1. The van der Waals surface area contributed by atoms with Crippen molar-refractivity contribution >= 4 is 11.9 Å². The maximum atomic E-state index is 12.0. The van der Waals surface area contributed by atoms with Crippen molar-refractivity contribution in [3.63, 3.8) is 0 Å². The molecular weight excluding hydrogens is 400 g/mol. The summed E-state index contributed by atoms with van der Waals surface area (Å²) in [5, 5.41) is 29.5. The number of amides is 1. The van der Waals surface area contributed by atoms with Crippen LogP contribution in [0.5, 0.6) is 23.0 Å². The summed E-state index contributed by atoms with van der Waals surface area (Å²) in [5.41, 5.74) is 6.76. The Morgan fingerprint density at radius 3 is 2.39 bits per heavy atom. The fourth-order valence-electron chi connectivity index (χ4n) is 2.91. The van der Waals surface area contributed by atoms with E-state index in [4.69, 9.17) is 4.74 Å². The van der Waals surface area contributed by atoms with Gasteiger partial charge >= 0.3 is 5.97 Å². The molecule has 8 nitrogen and oxygen atoms in total. The highest BCUT2D eigenvalue weighted by Gasteiger charge is 2.17. The Kier molecular flexibility index (Phi) is 9.64. The van der Waals surface area contributed by atoms with Gasteiger partial charge in [-0.15, -0.1) is 0 Å². The monoisotopic (exact) mass is 430 g/mol. The summed E-state index contributed by atoms with van der Waals surface area (Å²) in [6.07, 6.45) is 4.38. The Hall–Kier alpha value is -3.26. The average molecular weight is 431 g/mol. The van der Waals surface area contributed by atoms with Gasteiger partial charge in [-0.3, -0.25) is 15.0 Å². The molecule has 2 aromatic rings. The molecular formula is C23H30N2O6. The molecule has 1 amide bonds. The number of benzene rings is 2. The number of hydrogen-bond acceptors (Lipinski definition) is 7. The number of rotatable bonds is 12. The largest absolute Gasteiger partial charge is 0.508 e. The molecule has 0 aromatic heterocycles. The standard InChI is InChI=1S/C23H30N2O6/c1-2-3-8-21(29)31-23-19(27)14-11-17(22(23)30)15-24-25-20(28)7-5-4-6-16-9-12-18(26)13-10-16/h9-14,24,26-27,30H,2-8,15H2,1H3,(H,25,28). The number of phenols is 3. The number of ether oxygens (including phenoxy) is 1. The van der Waals surface area contributed by atoms with E-state index in [1.54, 1.807) is 12.1 Å². The van der Waals surface area contributed by atoms with Crippen molar-refractivity contribution in [2.75, 3.05) is 0 Å². The maximum Gasteiger partial charge on any atom is 0.311 e. The van der Waals surface area contributed by atoms with Crippen molar-refractivity contribution in [2.45, 2.75) is 58.4 Å². The van der Waals surface area contributed by atoms with Crippen molar-refractivity contribution in [3.8, 4) is 23.0 Å². The van der Waals surface area contributed by atoms with Crippen LogP contribution in [0.4, 0.5) is 0 Å². The summed E-state index contributed by atoms with van der Waals surface area (Å²) in [7, 11) is 0. The summed E-state index contributed by atoms with van der Waals surface area (Å²) in [4.78, 5) is 23.8. The minimum Gasteiger partial charge on any atom is -0.508 e. The van der Waals surface area contributed by atoms with Gasteiger partial charge in [-0.05, 0) is 49.4 Å². The second-order valence-electron chi connectivity index (χ2n) is 7.27. The van der Waals surface area contributed by atoms with Gasteiger partial charge < -0.3 is 20.1 Å². The van der Waals surface area contributed by atoms with Crippen LogP contribution in [-0.2, 0) is 22.6 Å². The lowest BCUT2D eigenvalue weighted by molar-refractivity contribution is -0.134. The average Bonchev–Trinajstić information content (AvgIpc) is 2.75. The highest BCUT2D eigenvalue weighted by atomic mass is 16.5. The van der Waals surface area contributed by atoms with E-state index in [-0.39, 0.29) is 41.9 Å². The summed E-state index contributed by atoms with van der Waals surface area (Å²) >= 11 is 0. The van der Waals surface area contributed by atoms with Gasteiger partial charge in [-0.25, -0.2) is 5.43 Å². The number of aryl methyl sites for hydroxylation is 1. The van der Waals surface area contributed by atoms with Gasteiger partial charge in [-0.2, -0.15) is 0 Å². The molecule has 2 aromatic carbocycles. The molecule has 0 saturated carbocycles. The molecule has 5 N–H and O–H groups in total. The van der Waals surface area contributed by atoms with Crippen molar-refractivity contribution in [2.24, 2.45) is 0 Å². The van der Waals surface area contributed by atoms with Crippen LogP contribution in [0, 0.1) is 0 Å². The van der Waals surface area contributed by atoms with E-state index in [9.17, 15) is 24.9 Å². The SMILES string of the molecule is CCCCC(=O)Oc1c(O)ccc(CNNC(=O)CCCCc2ccc(O)cc2)c1O. The number of phenolic OH excluding ortho intramolecular Hbond substituents is 3. The van der Waals surface area contributed by atoms with Gasteiger partial charge in [0.05, 0.1) is 0 Å². The fraction of sp³-hybridized carbons (Fsp3) is 0.391. The molecule has 31 heavy (non-hydrogen) atoms. The first-order chi connectivity index (χ1) is 14.9. The van der Waals surface area contributed by atoms with E-state index >= 15 is 0 Å². The molecule has 0 aliphatic heterocycles. The number of unbranched alkanes of at least 4 members (excludes halogenated alkanes) is 2. The van der Waals surface area contributed by atoms with Gasteiger partial charge in [0.1, 0.15) is 5.75 Å². The molecule has 0 bridgehead atoms. The number of aromatic hydroxyl groups is 3. The molecule has 0 spiro atoms. The van der Waals surface area contributed by atoms with Gasteiger partial charge in [0.25, 0.3) is 0 Å². The van der Waals surface area contributed by atoms with Crippen LogP contribution < -0.4 is 15.6 Å². The first-order valence-electron chi connectivity index (χ1n) is 10.4. The third kappa shape index (κ3) is 8.18. The number of hydrogen-bond donors (Lipinski definition) is 5. The molecule has 0 heterocycles. The van der Waals surface area contributed by atoms with E-state index in [0.717, 1.165) is 24.8 Å². The zero-order valence-electron chi connectivity index (χ0n) is 17.7. The molecule has 168 valence electrons. The minimum absolute atomic E-state index is 0.0882. The summed E-state index contributed by atoms with van der Waals surface area (Å²) < 4.78 is 5.09. The van der Waals surface area contributed by atoms with E-state index in [1.165, 1.54) is 12.1 Å². The molecule has 0 aliphatic rings. The van der Waals surface area contributed by atoms with Crippen LogP contribution >= 0.6 is 0 Å². The number of carbonyl (C=O) groups is 2. The topological polar surface area (TPSA) is 128 Å². The van der Waals surface area contributed by atoms with E-state index in [2.05, 4.69) is 10.9 Å². The second kappa shape index (κ2) is 12.4. The van der Waals surface area contributed by atoms with Crippen LogP contribution in [-0.4, -0.2) is 27.2 Å². The van der Waals surface area contributed by atoms with Crippen LogP contribution in [0.3, 0.4) is 0 Å². The number of nitrogens with one attached hydrogen (secondary N) is 2. The lowest BCUT2D eigenvalue weighted by Crippen LogP contribution is -2.36. The Morgan fingerprint density at radius 1 is 0.935 bits per heavy atom. The number of hydrazine groups is 1. The molecule has 8 heteroatoms. The third-order valence-electron chi connectivity index (χ3n) is 4.71. The predicted octanol–water partition coefficient (Wildman–Crippen LogP) is 3.43. The second-order valence-corrected chi connectivity index (χ2v) is 7.27. The summed E-state index contributed by atoms with van der Waals surface area (Å²) in [6, 6.07) is 9.80. The Bertz CT molecular complexity index is 867. The predicted molar refractivity (Wildman–Crippen MR) is 116 cm³/mol. The van der Waals surface area contributed by atoms with Gasteiger partial charge in [-0.1, -0.05) is 31.5 Å². The molecule has 0 saturated heterocycles. The molecule has 0 radical (unpaired) electrons. The zero-order chi connectivity index (χ0) is 22.6. The highest BCUT2D eigenvalue weighted by Crippen LogP contribution is 2.38. The van der Waals surface area contributed by atoms with Crippen molar-refractivity contribution in [1.82, 2.24) is 10.9 Å². The van der Waals surface area contributed by atoms with Crippen LogP contribution in [0.2, 0.25) is 0 Å². The first-order valence-corrected chi connectivity index (χ1v) is 10.4. The lowest BCUT2D eigenvalue weighted by Gasteiger charge is -2.13. The van der Waals surface area contributed by atoms with Crippen molar-refractivity contribution in [3.05, 3.63) is 47.5 Å². The molecule has 0 unspecified atom stereocenters. The molecule has 0 atom stereocenters. The van der Waals surface area contributed by atoms with Crippen LogP contribution in [0.25, 0.3) is 0 Å². The molecule has 0 aliphatic carbocycles. The van der Waals surface area contributed by atoms with Crippen LogP contribution in [0.15, 0.2) is 36.4 Å². The van der Waals surface area contributed by atoms with Gasteiger partial charge in [0.2, 0.25) is 11.7 Å². The molecule has 2 rings (SSSR count). The quantitative estimate of drug-likeness (QED) is 0.151. The van der Waals surface area contributed by atoms with E-state index < -0.39 is 5.97 Å². The fourth-order valence-corrected chi connectivity index (χ4v) is 2.91. The maximum absolute atomic E-state index is 12.0. The van der Waals surface area contributed by atoms with Crippen molar-refractivity contribution < 1.29 is 29.6 Å². The lowest BCUT2D eigenvalue weighted by atomic mass is 10.1. The van der Waals surface area contributed by atoms with Gasteiger partial charge in [0.15, 0.2) is 11.5 Å². The Morgan fingerprint density at radius 2 is 1.68 bits per heavy atom. The molecule has 0 fully saturated rings. The van der Waals surface area contributed by atoms with Crippen LogP contribution in [0.1, 0.15) is 56.6 Å². The van der Waals surface area contributed by atoms with E-state index in [0.29, 0.717) is 24.8 Å². The Labute approximate surface area is 181 Å². The van der Waals surface area contributed by atoms with E-state index in [1.807, 2.05) is 19.1 Å². The summed E-state index contributed by atoms with van der Waals surface area (Å²) in [6.45, 7) is 2.03. The highest BCUT2D eigenvalue weighted by molar-refractivity contribution is 5.75. The minimum atomic E-state index is -0.529. The Balaban J connectivity index is 1.74.